The molecule has 0 aromatic carbocycles. The summed E-state index contributed by atoms with van der Waals surface area (Å²) in [6, 6.07) is 5.75. The number of ether oxygens (including phenoxy) is 1. The van der Waals surface area contributed by atoms with E-state index in [2.05, 4.69) is 9.97 Å². The summed E-state index contributed by atoms with van der Waals surface area (Å²) in [5.74, 6) is 0.137. The number of thiazole rings is 1. The first-order valence-electron chi connectivity index (χ1n) is 8.71. The van der Waals surface area contributed by atoms with Crippen molar-refractivity contribution in [3.63, 3.8) is 0 Å². The van der Waals surface area contributed by atoms with Gasteiger partial charge in [0.15, 0.2) is 0 Å². The number of amides is 1. The molecule has 134 valence electrons. The Labute approximate surface area is 152 Å². The number of nitrogens with two attached hydrogens (primary N) is 1. The van der Waals surface area contributed by atoms with Gasteiger partial charge in [0.25, 0.3) is 0 Å². The third kappa shape index (κ3) is 5.07. The molecule has 1 fully saturated rings. The summed E-state index contributed by atoms with van der Waals surface area (Å²) in [5.41, 5.74) is 7.14. The van der Waals surface area contributed by atoms with Crippen LogP contribution in [0, 0.1) is 0 Å². The number of piperidine rings is 1. The summed E-state index contributed by atoms with van der Waals surface area (Å²) in [4.78, 5) is 23.3. The number of carbonyl (C=O) groups is 1. The zero-order chi connectivity index (χ0) is 17.5. The minimum atomic E-state index is 0.137. The fraction of sp³-hybridized carbons (Fsp3) is 0.500. The number of rotatable bonds is 7. The van der Waals surface area contributed by atoms with Crippen LogP contribution in [0.4, 0.5) is 0 Å². The van der Waals surface area contributed by atoms with Crippen LogP contribution in [0.5, 0.6) is 0 Å². The van der Waals surface area contributed by atoms with Crippen molar-refractivity contribution in [2.45, 2.75) is 31.8 Å². The standard InChI is InChI=1S/C18H24N4O2S/c19-7-3-11-24-15-5-9-22(10-6-15)17(23)12-14-13-25-18(21-14)16-4-1-2-8-20-16/h1-2,4,8,13,15H,3,5-7,9-12,19H2. The third-order valence-corrected chi connectivity index (χ3v) is 5.18. The molecule has 3 rings (SSSR count). The van der Waals surface area contributed by atoms with Crippen LogP contribution in [0.25, 0.3) is 10.7 Å². The molecule has 1 aliphatic heterocycles. The molecule has 1 aliphatic rings. The second kappa shape index (κ2) is 9.03. The van der Waals surface area contributed by atoms with Gasteiger partial charge in [-0.25, -0.2) is 4.98 Å². The van der Waals surface area contributed by atoms with Crippen molar-refractivity contribution in [2.75, 3.05) is 26.2 Å². The molecule has 7 heteroatoms. The molecule has 2 aromatic heterocycles. The van der Waals surface area contributed by atoms with Crippen LogP contribution in [-0.2, 0) is 16.0 Å². The summed E-state index contributed by atoms with van der Waals surface area (Å²) in [5, 5.41) is 2.81. The average Bonchev–Trinajstić information content (AvgIpc) is 3.12. The molecule has 25 heavy (non-hydrogen) atoms. The first-order valence-corrected chi connectivity index (χ1v) is 9.59. The number of hydrogen-bond donors (Lipinski definition) is 1. The van der Waals surface area contributed by atoms with Crippen LogP contribution in [0.3, 0.4) is 0 Å². The Hall–Kier alpha value is -1.83. The van der Waals surface area contributed by atoms with Gasteiger partial charge >= 0.3 is 0 Å². The van der Waals surface area contributed by atoms with Crippen molar-refractivity contribution in [1.82, 2.24) is 14.9 Å². The Morgan fingerprint density at radius 2 is 2.20 bits per heavy atom. The zero-order valence-electron chi connectivity index (χ0n) is 14.3. The minimum Gasteiger partial charge on any atom is -0.378 e. The number of aromatic nitrogens is 2. The Bertz CT molecular complexity index is 669. The first kappa shape index (κ1) is 18.0. The van der Waals surface area contributed by atoms with Gasteiger partial charge in [-0.1, -0.05) is 6.07 Å². The minimum absolute atomic E-state index is 0.137. The van der Waals surface area contributed by atoms with Crippen LogP contribution in [0.2, 0.25) is 0 Å². The Balaban J connectivity index is 1.48. The van der Waals surface area contributed by atoms with Crippen LogP contribution in [0.15, 0.2) is 29.8 Å². The average molecular weight is 360 g/mol. The van der Waals surface area contributed by atoms with Gasteiger partial charge in [-0.05, 0) is 37.9 Å². The Kier molecular flexibility index (Phi) is 6.49. The second-order valence-corrected chi connectivity index (χ2v) is 6.99. The lowest BCUT2D eigenvalue weighted by atomic mass is 10.1. The van der Waals surface area contributed by atoms with Gasteiger partial charge in [-0.2, -0.15) is 0 Å². The van der Waals surface area contributed by atoms with Crippen LogP contribution in [-0.4, -0.2) is 53.1 Å². The molecular weight excluding hydrogens is 336 g/mol. The van der Waals surface area contributed by atoms with Gasteiger partial charge in [-0.15, -0.1) is 11.3 Å². The van der Waals surface area contributed by atoms with Crippen molar-refractivity contribution in [3.05, 3.63) is 35.5 Å². The number of carbonyl (C=O) groups excluding carboxylic acids is 1. The molecule has 2 N–H and O–H groups in total. The lowest BCUT2D eigenvalue weighted by Crippen LogP contribution is -2.41. The maximum Gasteiger partial charge on any atom is 0.228 e. The van der Waals surface area contributed by atoms with E-state index in [-0.39, 0.29) is 12.0 Å². The van der Waals surface area contributed by atoms with Crippen LogP contribution >= 0.6 is 11.3 Å². The lowest BCUT2D eigenvalue weighted by Gasteiger charge is -2.32. The van der Waals surface area contributed by atoms with E-state index in [1.165, 1.54) is 11.3 Å². The summed E-state index contributed by atoms with van der Waals surface area (Å²) in [7, 11) is 0. The number of nitrogens with zero attached hydrogens (tertiary/aromatic N) is 3. The van der Waals surface area contributed by atoms with Crippen molar-refractivity contribution >= 4 is 17.2 Å². The molecule has 0 unspecified atom stereocenters. The Morgan fingerprint density at radius 1 is 1.36 bits per heavy atom. The van der Waals surface area contributed by atoms with E-state index in [1.807, 2.05) is 28.5 Å². The molecule has 0 saturated carbocycles. The van der Waals surface area contributed by atoms with Crippen molar-refractivity contribution < 1.29 is 9.53 Å². The number of hydrogen-bond acceptors (Lipinski definition) is 6. The van der Waals surface area contributed by atoms with Crippen molar-refractivity contribution in [2.24, 2.45) is 5.73 Å². The smallest absolute Gasteiger partial charge is 0.228 e. The molecule has 1 amide bonds. The maximum absolute atomic E-state index is 12.5. The van der Waals surface area contributed by atoms with E-state index in [4.69, 9.17) is 10.5 Å². The summed E-state index contributed by atoms with van der Waals surface area (Å²) >= 11 is 1.53. The second-order valence-electron chi connectivity index (χ2n) is 6.13. The highest BCUT2D eigenvalue weighted by atomic mass is 32.1. The van der Waals surface area contributed by atoms with E-state index in [1.54, 1.807) is 6.20 Å². The fourth-order valence-corrected chi connectivity index (χ4v) is 3.66. The van der Waals surface area contributed by atoms with Gasteiger partial charge in [-0.3, -0.25) is 9.78 Å². The molecule has 0 aliphatic carbocycles. The predicted molar refractivity (Wildman–Crippen MR) is 98.3 cm³/mol. The largest absolute Gasteiger partial charge is 0.378 e. The highest BCUT2D eigenvalue weighted by molar-refractivity contribution is 7.13. The molecule has 6 nitrogen and oxygen atoms in total. The molecule has 0 atom stereocenters. The molecule has 1 saturated heterocycles. The summed E-state index contributed by atoms with van der Waals surface area (Å²) in [6.45, 7) is 2.88. The van der Waals surface area contributed by atoms with Gasteiger partial charge in [0, 0.05) is 31.3 Å². The molecule has 2 aromatic rings. The van der Waals surface area contributed by atoms with Gasteiger partial charge in [0.2, 0.25) is 5.91 Å². The Morgan fingerprint density at radius 3 is 2.92 bits per heavy atom. The SMILES string of the molecule is NCCCOC1CCN(C(=O)Cc2csc(-c3ccccn3)n2)CC1. The number of likely N-dealkylation sites (tertiary alicyclic amines) is 1. The molecule has 0 bridgehead atoms. The highest BCUT2D eigenvalue weighted by Gasteiger charge is 2.23. The quantitative estimate of drug-likeness (QED) is 0.765. The van der Waals surface area contributed by atoms with Crippen molar-refractivity contribution in [1.29, 1.82) is 0 Å². The normalized spacial score (nSPS) is 15.5. The monoisotopic (exact) mass is 360 g/mol. The van der Waals surface area contributed by atoms with E-state index in [0.717, 1.165) is 48.7 Å². The maximum atomic E-state index is 12.5. The molecule has 3 heterocycles. The number of pyridine rings is 1. The molecule has 0 spiro atoms. The van der Waals surface area contributed by atoms with Gasteiger partial charge in [0.05, 0.1) is 23.9 Å². The van der Waals surface area contributed by atoms with E-state index < -0.39 is 0 Å². The highest BCUT2D eigenvalue weighted by Crippen LogP contribution is 2.22. The summed E-state index contributed by atoms with van der Waals surface area (Å²) < 4.78 is 5.79. The third-order valence-electron chi connectivity index (χ3n) is 4.26. The van der Waals surface area contributed by atoms with Gasteiger partial charge in [0.1, 0.15) is 5.01 Å². The first-order chi connectivity index (χ1) is 12.3. The predicted octanol–water partition coefficient (Wildman–Crippen LogP) is 2.10. The zero-order valence-corrected chi connectivity index (χ0v) is 15.1. The van der Waals surface area contributed by atoms with Crippen LogP contribution < -0.4 is 5.73 Å². The van der Waals surface area contributed by atoms with Crippen molar-refractivity contribution in [3.8, 4) is 10.7 Å². The topological polar surface area (TPSA) is 81.3 Å². The van der Waals surface area contributed by atoms with E-state index in [0.29, 0.717) is 19.6 Å². The molecule has 0 radical (unpaired) electrons. The fourth-order valence-electron chi connectivity index (χ4n) is 2.87. The lowest BCUT2D eigenvalue weighted by molar-refractivity contribution is -0.133. The van der Waals surface area contributed by atoms with E-state index in [9.17, 15) is 4.79 Å². The van der Waals surface area contributed by atoms with Crippen LogP contribution in [0.1, 0.15) is 25.0 Å². The summed E-state index contributed by atoms with van der Waals surface area (Å²) in [6.07, 6.45) is 5.04. The van der Waals surface area contributed by atoms with E-state index >= 15 is 0 Å². The van der Waals surface area contributed by atoms with Gasteiger partial charge < -0.3 is 15.4 Å². The molecular formula is C18H24N4O2S.